The highest BCUT2D eigenvalue weighted by atomic mass is 79.9. The molecule has 2 aliphatic rings. The molecule has 2 aromatic rings. The van der Waals surface area contributed by atoms with Crippen molar-refractivity contribution < 1.29 is 9.53 Å². The molecule has 112 valence electrons. The van der Waals surface area contributed by atoms with Gasteiger partial charge in [-0.05, 0) is 34.5 Å². The molecule has 0 N–H and O–H groups in total. The van der Waals surface area contributed by atoms with Crippen molar-refractivity contribution in [2.24, 2.45) is 11.3 Å². The number of fused-ring (bicyclic) bond motifs is 1. The van der Waals surface area contributed by atoms with Crippen molar-refractivity contribution >= 4 is 33.0 Å². The topological polar surface area (TPSA) is 70.6 Å². The summed E-state index contributed by atoms with van der Waals surface area (Å²) in [5.41, 5.74) is 0.701. The Hall–Kier alpha value is -1.91. The Labute approximate surface area is 135 Å². The molecule has 4 rings (SSSR count). The molecule has 1 unspecified atom stereocenters. The summed E-state index contributed by atoms with van der Waals surface area (Å²) in [6.45, 7) is 1.54. The molecule has 1 amide bonds. The summed E-state index contributed by atoms with van der Waals surface area (Å²) < 4.78 is 7.82. The number of nitrogens with zero attached hydrogens (tertiary/aromatic N) is 4. The van der Waals surface area contributed by atoms with Crippen LogP contribution in [0.15, 0.2) is 29.0 Å². The maximum absolute atomic E-state index is 13.0. The number of ether oxygens (including phenoxy) is 1. The molecule has 1 atom stereocenters. The fraction of sp³-hybridized carbons (Fsp3) is 0.400. The number of rotatable bonds is 2. The van der Waals surface area contributed by atoms with Crippen LogP contribution in [0.2, 0.25) is 0 Å². The average Bonchev–Trinajstić information content (AvgIpc) is 2.98. The van der Waals surface area contributed by atoms with Gasteiger partial charge in [0.2, 0.25) is 5.91 Å². The van der Waals surface area contributed by atoms with Gasteiger partial charge in [-0.15, -0.1) is 0 Å². The molecule has 2 aromatic heterocycles. The Morgan fingerprint density at radius 3 is 3.00 bits per heavy atom. The summed E-state index contributed by atoms with van der Waals surface area (Å²) in [5.74, 6) is -0.111. The van der Waals surface area contributed by atoms with E-state index in [4.69, 9.17) is 4.74 Å². The van der Waals surface area contributed by atoms with E-state index in [-0.39, 0.29) is 11.8 Å². The number of carbonyl (C=O) groups is 1. The quantitative estimate of drug-likeness (QED) is 0.820. The van der Waals surface area contributed by atoms with Gasteiger partial charge in [0, 0.05) is 29.3 Å². The SMILES string of the molecule is N#CC1(C2COC2)CCN(c2ccnn3cc(Br)cc23)C1=O. The molecule has 4 heterocycles. The predicted octanol–water partition coefficient (Wildman–Crippen LogP) is 1.99. The van der Waals surface area contributed by atoms with E-state index in [1.807, 2.05) is 18.3 Å². The summed E-state index contributed by atoms with van der Waals surface area (Å²) in [6, 6.07) is 6.03. The van der Waals surface area contributed by atoms with Crippen LogP contribution in [-0.2, 0) is 9.53 Å². The molecule has 0 spiro atoms. The Morgan fingerprint density at radius 2 is 2.32 bits per heavy atom. The lowest BCUT2D eigenvalue weighted by atomic mass is 9.74. The number of nitriles is 1. The van der Waals surface area contributed by atoms with Gasteiger partial charge in [-0.25, -0.2) is 4.52 Å². The number of anilines is 1. The molecule has 0 saturated carbocycles. The van der Waals surface area contributed by atoms with E-state index in [1.165, 1.54) is 0 Å². The highest BCUT2D eigenvalue weighted by molar-refractivity contribution is 9.10. The van der Waals surface area contributed by atoms with E-state index < -0.39 is 5.41 Å². The first-order valence-corrected chi connectivity index (χ1v) is 7.89. The van der Waals surface area contributed by atoms with Gasteiger partial charge in [0.1, 0.15) is 5.41 Å². The minimum atomic E-state index is -0.942. The normalized spacial score (nSPS) is 25.5. The third kappa shape index (κ3) is 1.74. The molecule has 0 bridgehead atoms. The Balaban J connectivity index is 1.77. The molecule has 0 radical (unpaired) electrons. The fourth-order valence-electron chi connectivity index (χ4n) is 3.26. The van der Waals surface area contributed by atoms with E-state index in [0.717, 1.165) is 15.7 Å². The van der Waals surface area contributed by atoms with Crippen LogP contribution >= 0.6 is 15.9 Å². The van der Waals surface area contributed by atoms with E-state index >= 15 is 0 Å². The molecule has 7 heteroatoms. The van der Waals surface area contributed by atoms with Crippen LogP contribution in [0.25, 0.3) is 5.52 Å². The first-order chi connectivity index (χ1) is 10.7. The van der Waals surface area contributed by atoms with Gasteiger partial charge in [-0.3, -0.25) is 4.79 Å². The van der Waals surface area contributed by atoms with Gasteiger partial charge in [0.15, 0.2) is 0 Å². The third-order valence-corrected chi connectivity index (χ3v) is 5.07. The smallest absolute Gasteiger partial charge is 0.248 e. The highest BCUT2D eigenvalue weighted by Crippen LogP contribution is 2.44. The summed E-state index contributed by atoms with van der Waals surface area (Å²) in [4.78, 5) is 14.7. The van der Waals surface area contributed by atoms with Gasteiger partial charge in [0.25, 0.3) is 0 Å². The Kier molecular flexibility index (Phi) is 2.99. The number of carbonyl (C=O) groups excluding carboxylic acids is 1. The van der Waals surface area contributed by atoms with Crippen LogP contribution < -0.4 is 4.90 Å². The zero-order valence-electron chi connectivity index (χ0n) is 11.7. The van der Waals surface area contributed by atoms with Crippen molar-refractivity contribution in [1.82, 2.24) is 9.61 Å². The number of halogens is 1. The molecular weight excluding hydrogens is 348 g/mol. The van der Waals surface area contributed by atoms with Gasteiger partial charge in [-0.1, -0.05) is 0 Å². The Bertz CT molecular complexity index is 807. The maximum atomic E-state index is 13.0. The zero-order valence-corrected chi connectivity index (χ0v) is 13.3. The van der Waals surface area contributed by atoms with Crippen molar-refractivity contribution in [3.05, 3.63) is 29.0 Å². The van der Waals surface area contributed by atoms with Crippen LogP contribution in [0.1, 0.15) is 6.42 Å². The van der Waals surface area contributed by atoms with Crippen molar-refractivity contribution in [2.45, 2.75) is 6.42 Å². The van der Waals surface area contributed by atoms with Crippen LogP contribution in [0.5, 0.6) is 0 Å². The second-order valence-electron chi connectivity index (χ2n) is 5.73. The number of hydrogen-bond acceptors (Lipinski definition) is 4. The lowest BCUT2D eigenvalue weighted by Gasteiger charge is -2.36. The van der Waals surface area contributed by atoms with Crippen molar-refractivity contribution in [2.75, 3.05) is 24.7 Å². The van der Waals surface area contributed by atoms with E-state index in [2.05, 4.69) is 27.1 Å². The van der Waals surface area contributed by atoms with E-state index in [0.29, 0.717) is 26.2 Å². The molecule has 0 aromatic carbocycles. The van der Waals surface area contributed by atoms with Crippen LogP contribution in [0.4, 0.5) is 5.69 Å². The minimum Gasteiger partial charge on any atom is -0.381 e. The summed E-state index contributed by atoms with van der Waals surface area (Å²) in [6.07, 6.45) is 4.06. The molecule has 6 nitrogen and oxygen atoms in total. The van der Waals surface area contributed by atoms with Crippen molar-refractivity contribution in [3.8, 4) is 6.07 Å². The molecule has 2 aliphatic heterocycles. The molecular formula is C15H13BrN4O2. The Morgan fingerprint density at radius 1 is 1.50 bits per heavy atom. The van der Waals surface area contributed by atoms with E-state index in [9.17, 15) is 10.1 Å². The van der Waals surface area contributed by atoms with Gasteiger partial charge in [0.05, 0.1) is 30.5 Å². The van der Waals surface area contributed by atoms with Crippen LogP contribution in [0, 0.1) is 22.7 Å². The minimum absolute atomic E-state index is 0.00591. The summed E-state index contributed by atoms with van der Waals surface area (Å²) in [5, 5.41) is 13.9. The van der Waals surface area contributed by atoms with Crippen molar-refractivity contribution in [1.29, 1.82) is 5.26 Å². The summed E-state index contributed by atoms with van der Waals surface area (Å²) in [7, 11) is 0. The monoisotopic (exact) mass is 360 g/mol. The number of aromatic nitrogens is 2. The number of hydrogen-bond donors (Lipinski definition) is 0. The molecule has 2 fully saturated rings. The van der Waals surface area contributed by atoms with Gasteiger partial charge in [-0.2, -0.15) is 10.4 Å². The lowest BCUT2D eigenvalue weighted by molar-refractivity contribution is -0.136. The second-order valence-corrected chi connectivity index (χ2v) is 6.64. The zero-order chi connectivity index (χ0) is 15.3. The molecule has 0 aliphatic carbocycles. The second kappa shape index (κ2) is 4.80. The predicted molar refractivity (Wildman–Crippen MR) is 82.2 cm³/mol. The largest absolute Gasteiger partial charge is 0.381 e. The lowest BCUT2D eigenvalue weighted by Crippen LogP contribution is -2.47. The molecule has 22 heavy (non-hydrogen) atoms. The number of amides is 1. The highest BCUT2D eigenvalue weighted by Gasteiger charge is 2.55. The van der Waals surface area contributed by atoms with E-state index in [1.54, 1.807) is 15.6 Å². The fourth-order valence-corrected chi connectivity index (χ4v) is 3.67. The summed E-state index contributed by atoms with van der Waals surface area (Å²) >= 11 is 3.43. The first-order valence-electron chi connectivity index (χ1n) is 7.09. The first kappa shape index (κ1) is 13.7. The van der Waals surface area contributed by atoms with Gasteiger partial charge < -0.3 is 9.64 Å². The molecule has 2 saturated heterocycles. The maximum Gasteiger partial charge on any atom is 0.248 e. The van der Waals surface area contributed by atoms with Crippen LogP contribution in [-0.4, -0.2) is 35.3 Å². The third-order valence-electron chi connectivity index (χ3n) is 4.63. The average molecular weight is 361 g/mol. The van der Waals surface area contributed by atoms with Crippen molar-refractivity contribution in [3.63, 3.8) is 0 Å². The van der Waals surface area contributed by atoms with Crippen LogP contribution in [0.3, 0.4) is 0 Å². The van der Waals surface area contributed by atoms with Gasteiger partial charge >= 0.3 is 0 Å². The standard InChI is InChI=1S/C15H13BrN4O2/c16-11-5-13-12(1-3-18-20(13)6-11)19-4-2-15(9-17,14(19)21)10-7-22-8-10/h1,3,5-6,10H,2,4,7-8H2.